The van der Waals surface area contributed by atoms with Crippen LogP contribution in [0.25, 0.3) is 22.5 Å². The number of esters is 1. The molecule has 214 valence electrons. The molecule has 0 atom stereocenters. The van der Waals surface area contributed by atoms with Crippen LogP contribution in [0.1, 0.15) is 30.6 Å². The first-order valence-electron chi connectivity index (χ1n) is 13.6. The Bertz CT molecular complexity index is 1330. The van der Waals surface area contributed by atoms with Crippen LogP contribution in [-0.4, -0.2) is 58.9 Å². The molecular formula is C32H35N3O5S. The molecule has 0 spiro atoms. The van der Waals surface area contributed by atoms with E-state index < -0.39 is 0 Å². The summed E-state index contributed by atoms with van der Waals surface area (Å²) in [5, 5.41) is 14.1. The highest BCUT2D eigenvalue weighted by Crippen LogP contribution is 2.32. The number of carbonyl (C=O) groups excluding carboxylic acids is 1. The normalized spacial score (nSPS) is 11.5. The Morgan fingerprint density at radius 1 is 0.976 bits per heavy atom. The van der Waals surface area contributed by atoms with Crippen molar-refractivity contribution >= 4 is 23.4 Å². The number of aromatic amines is 1. The van der Waals surface area contributed by atoms with Gasteiger partial charge in [-0.2, -0.15) is 0 Å². The number of aliphatic hydroxyl groups is 1. The fourth-order valence-corrected chi connectivity index (χ4v) is 4.50. The molecular weight excluding hydrogens is 538 g/mol. The number of aliphatic hydroxyl groups excluding tert-OH is 1. The molecule has 0 amide bonds. The highest BCUT2D eigenvalue weighted by molar-refractivity contribution is 7.99. The van der Waals surface area contributed by atoms with E-state index in [0.717, 1.165) is 27.7 Å². The molecule has 3 aromatic carbocycles. The van der Waals surface area contributed by atoms with Crippen LogP contribution in [0.3, 0.4) is 0 Å². The van der Waals surface area contributed by atoms with Crippen LogP contribution in [0.5, 0.6) is 5.75 Å². The lowest BCUT2D eigenvalue weighted by molar-refractivity contribution is 0.0459. The molecule has 4 rings (SSSR count). The quantitative estimate of drug-likeness (QED) is 0.0551. The number of nitrogens with zero attached hydrogens (tertiary/aromatic N) is 2. The maximum atomic E-state index is 12.2. The zero-order chi connectivity index (χ0) is 28.9. The lowest BCUT2D eigenvalue weighted by Crippen LogP contribution is -2.15. The van der Waals surface area contributed by atoms with Crippen LogP contribution in [0.2, 0.25) is 0 Å². The molecule has 4 aromatic rings. The third kappa shape index (κ3) is 9.23. The summed E-state index contributed by atoms with van der Waals surface area (Å²) in [6.07, 6.45) is 0.484. The van der Waals surface area contributed by atoms with Gasteiger partial charge in [-0.25, -0.2) is 9.78 Å². The van der Waals surface area contributed by atoms with Gasteiger partial charge >= 0.3 is 5.97 Å². The molecule has 0 aliphatic heterocycles. The lowest BCUT2D eigenvalue weighted by Gasteiger charge is -2.10. The minimum Gasteiger partial charge on any atom is -0.487 e. The third-order valence-electron chi connectivity index (χ3n) is 5.80. The molecule has 0 aliphatic carbocycles. The van der Waals surface area contributed by atoms with Crippen molar-refractivity contribution in [3.63, 3.8) is 0 Å². The maximum absolute atomic E-state index is 12.2. The number of nitrogens with one attached hydrogen (secondary N) is 1. The number of H-pyrrole nitrogens is 1. The molecule has 8 nitrogen and oxygen atoms in total. The molecule has 0 unspecified atom stereocenters. The van der Waals surface area contributed by atoms with E-state index in [2.05, 4.69) is 22.3 Å². The SMILES string of the molecule is CC(C)COC(=O)c1ccc(OC/C(CSc2nc(-c3ccccc3)c(-c3ccccc3)[nH]2)=N\OCCCO)cc1. The fraction of sp³-hybridized carbons (Fsp3) is 0.281. The number of imidazole rings is 1. The first-order valence-corrected chi connectivity index (χ1v) is 14.5. The number of thioether (sulfide) groups is 1. The monoisotopic (exact) mass is 573 g/mol. The Kier molecular flexibility index (Phi) is 11.4. The average molecular weight is 574 g/mol. The Morgan fingerprint density at radius 2 is 1.66 bits per heavy atom. The molecule has 0 radical (unpaired) electrons. The largest absolute Gasteiger partial charge is 0.487 e. The van der Waals surface area contributed by atoms with E-state index in [1.54, 1.807) is 24.3 Å². The predicted molar refractivity (Wildman–Crippen MR) is 162 cm³/mol. The van der Waals surface area contributed by atoms with Crippen molar-refractivity contribution in [2.24, 2.45) is 11.1 Å². The van der Waals surface area contributed by atoms with Crippen molar-refractivity contribution in [1.29, 1.82) is 0 Å². The molecule has 0 fully saturated rings. The van der Waals surface area contributed by atoms with Crippen LogP contribution >= 0.6 is 11.8 Å². The highest BCUT2D eigenvalue weighted by Gasteiger charge is 2.16. The van der Waals surface area contributed by atoms with Gasteiger partial charge in [0.15, 0.2) is 5.16 Å². The van der Waals surface area contributed by atoms with Gasteiger partial charge in [-0.05, 0) is 30.2 Å². The summed E-state index contributed by atoms with van der Waals surface area (Å²) in [6.45, 7) is 4.87. The Balaban J connectivity index is 1.44. The Labute approximate surface area is 244 Å². The Hall–Kier alpha value is -4.08. The van der Waals surface area contributed by atoms with Crippen molar-refractivity contribution < 1.29 is 24.2 Å². The van der Waals surface area contributed by atoms with E-state index in [0.29, 0.717) is 42.4 Å². The number of hydrogen-bond acceptors (Lipinski definition) is 8. The summed E-state index contributed by atoms with van der Waals surface area (Å²) in [5.74, 6) is 0.973. The molecule has 0 saturated heterocycles. The second kappa shape index (κ2) is 15.6. The van der Waals surface area contributed by atoms with E-state index in [1.807, 2.05) is 62.4 Å². The molecule has 1 heterocycles. The molecule has 41 heavy (non-hydrogen) atoms. The van der Waals surface area contributed by atoms with E-state index in [4.69, 9.17) is 24.4 Å². The van der Waals surface area contributed by atoms with Gasteiger partial charge in [0.1, 0.15) is 24.7 Å². The Morgan fingerprint density at radius 3 is 2.32 bits per heavy atom. The summed E-state index contributed by atoms with van der Waals surface area (Å²) in [7, 11) is 0. The van der Waals surface area contributed by atoms with Gasteiger partial charge in [0.05, 0.1) is 23.6 Å². The van der Waals surface area contributed by atoms with Crippen molar-refractivity contribution in [3.8, 4) is 28.3 Å². The lowest BCUT2D eigenvalue weighted by atomic mass is 10.1. The van der Waals surface area contributed by atoms with Crippen molar-refractivity contribution in [2.75, 3.05) is 32.2 Å². The number of aromatic nitrogens is 2. The maximum Gasteiger partial charge on any atom is 0.338 e. The number of ether oxygens (including phenoxy) is 2. The minimum absolute atomic E-state index is 0.0268. The average Bonchev–Trinajstić information content (AvgIpc) is 3.44. The summed E-state index contributed by atoms with van der Waals surface area (Å²) >= 11 is 1.50. The zero-order valence-electron chi connectivity index (χ0n) is 23.3. The van der Waals surface area contributed by atoms with Gasteiger partial charge in [-0.1, -0.05) is 91.4 Å². The standard InChI is InChI=1S/C32H35N3O5S/c1-23(2)20-39-31(37)26-14-16-28(17-15-26)38-21-27(35-40-19-9-18-36)22-41-32-33-29(24-10-5-3-6-11-24)30(34-32)25-12-7-4-8-13-25/h3-8,10-17,23,36H,9,18-22H2,1-2H3,(H,33,34)/b35-27+. The van der Waals surface area contributed by atoms with Crippen LogP contribution in [0, 0.1) is 5.92 Å². The van der Waals surface area contributed by atoms with Gasteiger partial charge in [-0.15, -0.1) is 0 Å². The summed E-state index contributed by atoms with van der Waals surface area (Å²) in [4.78, 5) is 26.0. The molecule has 0 saturated carbocycles. The molecule has 2 N–H and O–H groups in total. The molecule has 0 bridgehead atoms. The molecule has 0 aliphatic rings. The first kappa shape index (κ1) is 29.9. The summed E-state index contributed by atoms with van der Waals surface area (Å²) in [6, 6.07) is 27.0. The van der Waals surface area contributed by atoms with Gasteiger partial charge in [0, 0.05) is 29.9 Å². The van der Waals surface area contributed by atoms with Gasteiger partial charge < -0.3 is 24.4 Å². The van der Waals surface area contributed by atoms with Crippen LogP contribution < -0.4 is 4.74 Å². The second-order valence-corrected chi connectivity index (χ2v) is 10.6. The number of benzene rings is 3. The number of hydrogen-bond donors (Lipinski definition) is 2. The second-order valence-electron chi connectivity index (χ2n) is 9.66. The van der Waals surface area contributed by atoms with E-state index >= 15 is 0 Å². The van der Waals surface area contributed by atoms with Crippen molar-refractivity contribution in [3.05, 3.63) is 90.5 Å². The van der Waals surface area contributed by atoms with Gasteiger partial charge in [0.25, 0.3) is 0 Å². The number of carbonyl (C=O) groups is 1. The van der Waals surface area contributed by atoms with Gasteiger partial charge in [-0.3, -0.25) is 0 Å². The fourth-order valence-electron chi connectivity index (χ4n) is 3.73. The first-order chi connectivity index (χ1) is 20.0. The third-order valence-corrected chi connectivity index (χ3v) is 6.74. The van der Waals surface area contributed by atoms with Crippen molar-refractivity contribution in [1.82, 2.24) is 9.97 Å². The minimum atomic E-state index is -0.357. The molecule has 9 heteroatoms. The molecule has 1 aromatic heterocycles. The number of rotatable bonds is 15. The zero-order valence-corrected chi connectivity index (χ0v) is 24.1. The summed E-state index contributed by atoms with van der Waals surface area (Å²) < 4.78 is 11.2. The van der Waals surface area contributed by atoms with E-state index in [9.17, 15) is 4.79 Å². The van der Waals surface area contributed by atoms with Crippen LogP contribution in [-0.2, 0) is 9.57 Å². The van der Waals surface area contributed by atoms with Crippen LogP contribution in [0.15, 0.2) is 95.2 Å². The summed E-state index contributed by atoms with van der Waals surface area (Å²) in [5.41, 5.74) is 5.02. The van der Waals surface area contributed by atoms with Crippen molar-refractivity contribution in [2.45, 2.75) is 25.4 Å². The highest BCUT2D eigenvalue weighted by atomic mass is 32.2. The number of oxime groups is 1. The van der Waals surface area contributed by atoms with E-state index in [1.165, 1.54) is 11.8 Å². The predicted octanol–water partition coefficient (Wildman–Crippen LogP) is 6.48. The topological polar surface area (TPSA) is 106 Å². The van der Waals surface area contributed by atoms with Gasteiger partial charge in [0.2, 0.25) is 0 Å². The smallest absolute Gasteiger partial charge is 0.338 e. The van der Waals surface area contributed by atoms with Crippen LogP contribution in [0.4, 0.5) is 0 Å². The van der Waals surface area contributed by atoms with E-state index in [-0.39, 0.29) is 25.1 Å².